The zero-order valence-corrected chi connectivity index (χ0v) is 59.6. The first-order chi connectivity index (χ1) is 51.2. The molecule has 0 radical (unpaired) electrons. The molecule has 14 aromatic carbocycles. The molecule has 0 amide bonds. The number of para-hydroxylation sites is 3. The van der Waals surface area contributed by atoms with Crippen molar-refractivity contribution in [2.24, 2.45) is 11.8 Å². The van der Waals surface area contributed by atoms with E-state index in [0.29, 0.717) is 12.1 Å². The summed E-state index contributed by atoms with van der Waals surface area (Å²) in [6.45, 7) is 6.89. The number of hydrogen-bond acceptors (Lipinski definition) is 5. The summed E-state index contributed by atoms with van der Waals surface area (Å²) >= 11 is 1.98. The Balaban J connectivity index is 0.920. The predicted molar refractivity (Wildman–Crippen MR) is 442 cm³/mol. The van der Waals surface area contributed by atoms with Gasteiger partial charge in [0.2, 0.25) is 6.71 Å². The summed E-state index contributed by atoms with van der Waals surface area (Å²) in [4.78, 5) is 13.7. The first-order valence-electron chi connectivity index (χ1n) is 37.5. The Morgan fingerprint density at radius 3 is 1.12 bits per heavy atom. The number of piperidine rings is 2. The number of rotatable bonds is 10. The van der Waals surface area contributed by atoms with Gasteiger partial charge in [0.05, 0.1) is 11.4 Å². The lowest BCUT2D eigenvalue weighted by atomic mass is 9.31. The van der Waals surface area contributed by atoms with Gasteiger partial charge in [-0.3, -0.25) is 0 Å². The van der Waals surface area contributed by atoms with Gasteiger partial charge in [0.1, 0.15) is 0 Å². The maximum atomic E-state index is 2.97. The molecule has 2 saturated carbocycles. The molecular weight excluding hydrogens is 1270 g/mol. The fourth-order valence-electron chi connectivity index (χ4n) is 19.7. The van der Waals surface area contributed by atoms with Gasteiger partial charge in [0.15, 0.2) is 0 Å². The van der Waals surface area contributed by atoms with Crippen LogP contribution >= 0.6 is 11.8 Å². The predicted octanol–water partition coefficient (Wildman–Crippen LogP) is 21.6. The molecule has 4 fully saturated rings. The molecule has 7 heteroatoms. The molecule has 0 spiro atoms. The molecule has 4 nitrogen and oxygen atoms in total. The monoisotopic (exact) mass is 1350 g/mol. The molecule has 2 aliphatic carbocycles. The first-order valence-corrected chi connectivity index (χ1v) is 38.3. The quantitative estimate of drug-likeness (QED) is 0.126. The Hall–Kier alpha value is -11.2. The maximum Gasteiger partial charge on any atom is 0.252 e. The Labute approximate surface area is 616 Å². The molecule has 6 heterocycles. The van der Waals surface area contributed by atoms with E-state index in [1.165, 1.54) is 204 Å². The van der Waals surface area contributed by atoms with Crippen molar-refractivity contribution < 1.29 is 0 Å². The van der Waals surface area contributed by atoms with E-state index >= 15 is 0 Å². The van der Waals surface area contributed by atoms with Crippen LogP contribution in [0.1, 0.15) is 58.4 Å². The summed E-state index contributed by atoms with van der Waals surface area (Å²) in [5, 5.41) is 0. The minimum atomic E-state index is -0.187. The fourth-order valence-corrected chi connectivity index (χ4v) is 20.9. The van der Waals surface area contributed by atoms with Crippen LogP contribution in [-0.2, 0) is 5.41 Å². The van der Waals surface area contributed by atoms with Crippen molar-refractivity contribution in [2.75, 3.05) is 19.6 Å². The van der Waals surface area contributed by atoms with Crippen LogP contribution < -0.4 is 52.4 Å². The van der Waals surface area contributed by atoms with Crippen molar-refractivity contribution in [3.8, 4) is 66.8 Å². The third-order valence-electron chi connectivity index (χ3n) is 24.0. The summed E-state index contributed by atoms with van der Waals surface area (Å²) in [7, 11) is 0. The van der Waals surface area contributed by atoms with Gasteiger partial charge in [-0.15, -0.1) is 0 Å². The normalized spacial score (nSPS) is 17.6. The Morgan fingerprint density at radius 2 is 0.673 bits per heavy atom. The van der Waals surface area contributed by atoms with E-state index in [0.717, 1.165) is 11.8 Å². The largest absolute Gasteiger partial charge is 0.365 e. The Bertz CT molecular complexity index is 5580. The van der Waals surface area contributed by atoms with E-state index in [2.05, 4.69) is 362 Å². The molecule has 4 bridgehead atoms. The van der Waals surface area contributed by atoms with Crippen molar-refractivity contribution in [1.29, 1.82) is 0 Å². The number of anilines is 10. The molecule has 6 aliphatic heterocycles. The van der Waals surface area contributed by atoms with Crippen molar-refractivity contribution in [3.05, 3.63) is 327 Å². The number of hydrogen-bond donors (Lipinski definition) is 0. The van der Waals surface area contributed by atoms with Crippen molar-refractivity contribution >= 4 is 115 Å². The lowest BCUT2D eigenvalue weighted by Crippen LogP contribution is -2.64. The van der Waals surface area contributed by atoms with Gasteiger partial charge >= 0.3 is 0 Å². The second kappa shape index (κ2) is 24.2. The van der Waals surface area contributed by atoms with Gasteiger partial charge in [-0.05, 0) is 206 Å². The minimum Gasteiger partial charge on any atom is -0.365 e. The molecule has 22 rings (SSSR count). The molecule has 8 aliphatic rings. The lowest BCUT2D eigenvalue weighted by Gasteiger charge is -2.58. The standard InChI is InChI=1S/C97H76B2N4S/c1-97(2,3)72-56-88-94-92(57-72)104-91-61-87-83(60-84(91)99(94)81-43-25-27-45-85(81)101(88)73-41-23-10-24-42-73)98-82-44-26-28-46-86(82)102(95-77(66-33-15-6-16-34-66)52-70(64-29-11-4-12-30-64)53-78(95)67-35-17-7-18-36-67)89-58-76(100-74-48-62-47-63(50-74)51-75(100)49-62)59-90(93(89)98)103(87)96-79(68-37-19-8-20-38-68)54-71(65-31-13-5-14-32-65)55-80(96)69-39-21-9-22-40-69/h4-46,52-63,74-75H,47-51H2,1-3H3. The second-order valence-corrected chi connectivity index (χ2v) is 32.2. The topological polar surface area (TPSA) is 13.0 Å². The zero-order valence-electron chi connectivity index (χ0n) is 58.8. The molecule has 0 aromatic heterocycles. The summed E-state index contributed by atoms with van der Waals surface area (Å²) < 4.78 is 0. The smallest absolute Gasteiger partial charge is 0.252 e. The van der Waals surface area contributed by atoms with Gasteiger partial charge in [-0.1, -0.05) is 281 Å². The third kappa shape index (κ3) is 9.83. The summed E-state index contributed by atoms with van der Waals surface area (Å²) in [5.41, 5.74) is 35.6. The van der Waals surface area contributed by atoms with Crippen LogP contribution in [0.5, 0.6) is 0 Å². The molecule has 2 saturated heterocycles. The molecule has 0 N–H and O–H groups in total. The Morgan fingerprint density at radius 1 is 0.288 bits per heavy atom. The molecule has 14 aromatic rings. The van der Waals surface area contributed by atoms with E-state index in [1.54, 1.807) is 0 Å². The molecule has 0 unspecified atom stereocenters. The van der Waals surface area contributed by atoms with Crippen LogP contribution in [0.2, 0.25) is 0 Å². The number of nitrogens with zero attached hydrogens (tertiary/aromatic N) is 4. The van der Waals surface area contributed by atoms with E-state index in [-0.39, 0.29) is 18.8 Å². The van der Waals surface area contributed by atoms with E-state index in [9.17, 15) is 0 Å². The Kier molecular flexibility index (Phi) is 14.3. The maximum absolute atomic E-state index is 2.97. The molecular formula is C97H76B2N4S. The van der Waals surface area contributed by atoms with Gasteiger partial charge in [0.25, 0.3) is 6.71 Å². The number of fused-ring (bicyclic) bond motifs is 8. The van der Waals surface area contributed by atoms with E-state index < -0.39 is 0 Å². The highest BCUT2D eigenvalue weighted by Gasteiger charge is 2.51. The van der Waals surface area contributed by atoms with Crippen LogP contribution in [0.25, 0.3) is 66.8 Å². The fraction of sp³-hybridized carbons (Fsp3) is 0.134. The zero-order chi connectivity index (χ0) is 68.9. The highest BCUT2D eigenvalue weighted by atomic mass is 32.2. The SMILES string of the molecule is CC(C)(C)c1cc2c3c(c1)N(c1ccccc1)c1ccccc1B3c1cc3c(cc1S2)N(c1c(-c2ccccc2)cc(-c2ccccc2)cc1-c1ccccc1)c1cc(N2C4CC5CC(C4)CC2C5)cc2c1B3c1ccccc1N2c1c(-c2ccccc2)cc(-c2ccccc2)cc1-c1ccccc1. The molecule has 0 atom stereocenters. The van der Waals surface area contributed by atoms with Crippen molar-refractivity contribution in [3.63, 3.8) is 0 Å². The first kappa shape index (κ1) is 61.4. The van der Waals surface area contributed by atoms with E-state index in [1.807, 2.05) is 11.8 Å². The number of benzene rings is 14. The van der Waals surface area contributed by atoms with Crippen LogP contribution in [0, 0.1) is 11.8 Å². The van der Waals surface area contributed by atoms with Crippen molar-refractivity contribution in [2.45, 2.75) is 80.2 Å². The average molecular weight is 1350 g/mol. The third-order valence-corrected chi connectivity index (χ3v) is 25.2. The van der Waals surface area contributed by atoms with Crippen LogP contribution in [0.15, 0.2) is 331 Å². The van der Waals surface area contributed by atoms with Gasteiger partial charge in [-0.25, -0.2) is 0 Å². The highest BCUT2D eigenvalue weighted by molar-refractivity contribution is 8.00. The van der Waals surface area contributed by atoms with Crippen LogP contribution in [-0.4, -0.2) is 25.5 Å². The molecule has 104 heavy (non-hydrogen) atoms. The van der Waals surface area contributed by atoms with Gasteiger partial charge in [0, 0.05) is 89.6 Å². The van der Waals surface area contributed by atoms with Crippen LogP contribution in [0.3, 0.4) is 0 Å². The summed E-state index contributed by atoms with van der Waals surface area (Å²) in [6.07, 6.45) is 6.35. The lowest BCUT2D eigenvalue weighted by molar-refractivity contribution is 0.0900. The molecule has 496 valence electrons. The minimum absolute atomic E-state index is 0.0571. The van der Waals surface area contributed by atoms with Crippen LogP contribution in [0.4, 0.5) is 56.9 Å². The highest BCUT2D eigenvalue weighted by Crippen LogP contribution is 2.58. The summed E-state index contributed by atoms with van der Waals surface area (Å²) in [5.74, 6) is 1.55. The second-order valence-electron chi connectivity index (χ2n) is 31.1. The van der Waals surface area contributed by atoms with Crippen molar-refractivity contribution in [1.82, 2.24) is 0 Å². The van der Waals surface area contributed by atoms with E-state index in [4.69, 9.17) is 0 Å². The van der Waals surface area contributed by atoms with Gasteiger partial charge in [-0.2, -0.15) is 0 Å². The van der Waals surface area contributed by atoms with Gasteiger partial charge < -0.3 is 19.6 Å². The average Bonchev–Trinajstić information content (AvgIpc) is 0.681. The summed E-state index contributed by atoms with van der Waals surface area (Å²) in [6, 6.07) is 124.